The molecule has 3 aromatic rings. The second-order valence-corrected chi connectivity index (χ2v) is 6.42. The quantitative estimate of drug-likeness (QED) is 0.574. The number of nitrogens with zero attached hydrogens (tertiary/aromatic N) is 2. The predicted octanol–water partition coefficient (Wildman–Crippen LogP) is 3.82. The molecule has 0 amide bonds. The Morgan fingerprint density at radius 3 is 2.32 bits per heavy atom. The van der Waals surface area contributed by atoms with Crippen molar-refractivity contribution < 1.29 is 19.8 Å². The molecule has 0 bridgehead atoms. The summed E-state index contributed by atoms with van der Waals surface area (Å²) in [7, 11) is 2.01. The first-order chi connectivity index (χ1) is 13.3. The maximum atomic E-state index is 9.10. The molecule has 28 heavy (non-hydrogen) atoms. The van der Waals surface area contributed by atoms with Crippen LogP contribution in [-0.2, 0) is 23.2 Å². The summed E-state index contributed by atoms with van der Waals surface area (Å²) >= 11 is 5.94. The number of anilines is 1. The fourth-order valence-electron chi connectivity index (χ4n) is 2.47. The van der Waals surface area contributed by atoms with E-state index in [1.54, 1.807) is 0 Å². The van der Waals surface area contributed by atoms with Crippen LogP contribution in [0.5, 0.6) is 0 Å². The second-order valence-electron chi connectivity index (χ2n) is 5.99. The molecular formula is C20H20ClN3O4. The summed E-state index contributed by atoms with van der Waals surface area (Å²) in [5.41, 5.74) is 4.67. The lowest BCUT2D eigenvalue weighted by Crippen LogP contribution is -2.09. The maximum absolute atomic E-state index is 9.10. The summed E-state index contributed by atoms with van der Waals surface area (Å²) in [6.07, 6.45) is 1.88. The maximum Gasteiger partial charge on any atom is 0.414 e. The van der Waals surface area contributed by atoms with Crippen molar-refractivity contribution in [2.45, 2.75) is 13.5 Å². The minimum atomic E-state index is -1.82. The van der Waals surface area contributed by atoms with Crippen LogP contribution in [0.1, 0.15) is 11.1 Å². The molecule has 0 saturated heterocycles. The molecule has 2 aromatic carbocycles. The molecule has 8 heteroatoms. The zero-order chi connectivity index (χ0) is 20.7. The molecule has 3 rings (SSSR count). The Morgan fingerprint density at radius 2 is 1.75 bits per heavy atom. The van der Waals surface area contributed by atoms with Crippen molar-refractivity contribution in [2.24, 2.45) is 7.05 Å². The highest BCUT2D eigenvalue weighted by Gasteiger charge is 2.08. The van der Waals surface area contributed by atoms with Crippen molar-refractivity contribution in [3.05, 3.63) is 70.9 Å². The first kappa shape index (κ1) is 21.0. The Balaban J connectivity index is 0.000000409. The number of aliphatic carboxylic acids is 2. The predicted molar refractivity (Wildman–Crippen MR) is 107 cm³/mol. The Bertz CT molecular complexity index is 956. The Hall–Kier alpha value is -3.32. The number of hydrogen-bond acceptors (Lipinski definition) is 4. The SMILES string of the molecule is Cc1cccc(CNc2ncc(-c3ccc(Cl)cc3)n2C)c1.O=C(O)C(=O)O. The van der Waals surface area contributed by atoms with Crippen molar-refractivity contribution in [1.82, 2.24) is 9.55 Å². The Kier molecular flexibility index (Phi) is 7.17. The van der Waals surface area contributed by atoms with Crippen LogP contribution in [0.2, 0.25) is 5.02 Å². The lowest BCUT2D eigenvalue weighted by Gasteiger charge is -2.09. The molecule has 3 N–H and O–H groups in total. The molecule has 1 heterocycles. The molecule has 146 valence electrons. The number of benzene rings is 2. The first-order valence-corrected chi connectivity index (χ1v) is 8.69. The van der Waals surface area contributed by atoms with Crippen LogP contribution in [0.15, 0.2) is 54.7 Å². The fraction of sp³-hybridized carbons (Fsp3) is 0.150. The molecule has 1 aromatic heterocycles. The van der Waals surface area contributed by atoms with Crippen molar-refractivity contribution in [1.29, 1.82) is 0 Å². The van der Waals surface area contributed by atoms with Crippen molar-refractivity contribution >= 4 is 29.5 Å². The number of aryl methyl sites for hydroxylation is 1. The number of carboxylic acids is 2. The Morgan fingerprint density at radius 1 is 1.11 bits per heavy atom. The largest absolute Gasteiger partial charge is 0.473 e. The number of imidazole rings is 1. The van der Waals surface area contributed by atoms with E-state index in [1.165, 1.54) is 11.1 Å². The lowest BCUT2D eigenvalue weighted by molar-refractivity contribution is -0.159. The summed E-state index contributed by atoms with van der Waals surface area (Å²) in [5, 5.41) is 18.9. The van der Waals surface area contributed by atoms with Crippen LogP contribution in [0.3, 0.4) is 0 Å². The van der Waals surface area contributed by atoms with Gasteiger partial charge in [-0.2, -0.15) is 0 Å². The number of carboxylic acid groups (broad SMARTS) is 2. The number of nitrogens with one attached hydrogen (secondary N) is 1. The second kappa shape index (κ2) is 9.57. The van der Waals surface area contributed by atoms with E-state index in [0.717, 1.165) is 28.8 Å². The van der Waals surface area contributed by atoms with Gasteiger partial charge in [0, 0.05) is 18.6 Å². The smallest absolute Gasteiger partial charge is 0.414 e. The third-order valence-corrected chi connectivity index (χ3v) is 4.10. The van der Waals surface area contributed by atoms with E-state index in [-0.39, 0.29) is 0 Å². The topological polar surface area (TPSA) is 104 Å². The number of aromatic nitrogens is 2. The van der Waals surface area contributed by atoms with Gasteiger partial charge in [-0.15, -0.1) is 0 Å². The van der Waals surface area contributed by atoms with Crippen molar-refractivity contribution in [3.8, 4) is 11.3 Å². The fourth-order valence-corrected chi connectivity index (χ4v) is 2.59. The summed E-state index contributed by atoms with van der Waals surface area (Å²) in [6.45, 7) is 2.86. The monoisotopic (exact) mass is 401 g/mol. The molecule has 0 atom stereocenters. The number of hydrogen-bond donors (Lipinski definition) is 3. The molecule has 0 saturated carbocycles. The van der Waals surface area contributed by atoms with Gasteiger partial charge < -0.3 is 20.1 Å². The summed E-state index contributed by atoms with van der Waals surface area (Å²) in [5.74, 6) is -2.79. The number of rotatable bonds is 4. The van der Waals surface area contributed by atoms with Crippen LogP contribution >= 0.6 is 11.6 Å². The van der Waals surface area contributed by atoms with Crippen molar-refractivity contribution in [2.75, 3.05) is 5.32 Å². The normalized spacial score (nSPS) is 9.96. The van der Waals surface area contributed by atoms with Gasteiger partial charge >= 0.3 is 11.9 Å². The van der Waals surface area contributed by atoms with Crippen LogP contribution in [0.25, 0.3) is 11.3 Å². The third-order valence-electron chi connectivity index (χ3n) is 3.84. The van der Waals surface area contributed by atoms with Gasteiger partial charge in [-0.3, -0.25) is 0 Å². The van der Waals surface area contributed by atoms with Gasteiger partial charge in [-0.05, 0) is 30.2 Å². The molecule has 0 fully saturated rings. The lowest BCUT2D eigenvalue weighted by atomic mass is 10.1. The van der Waals surface area contributed by atoms with E-state index in [0.29, 0.717) is 0 Å². The highest BCUT2D eigenvalue weighted by atomic mass is 35.5. The van der Waals surface area contributed by atoms with Crippen LogP contribution in [-0.4, -0.2) is 31.7 Å². The highest BCUT2D eigenvalue weighted by Crippen LogP contribution is 2.23. The van der Waals surface area contributed by atoms with E-state index in [4.69, 9.17) is 31.4 Å². The van der Waals surface area contributed by atoms with E-state index < -0.39 is 11.9 Å². The van der Waals surface area contributed by atoms with Gasteiger partial charge in [0.2, 0.25) is 5.95 Å². The molecule has 7 nitrogen and oxygen atoms in total. The van der Waals surface area contributed by atoms with E-state index >= 15 is 0 Å². The minimum absolute atomic E-state index is 0.740. The van der Waals surface area contributed by atoms with E-state index in [9.17, 15) is 0 Å². The van der Waals surface area contributed by atoms with Crippen LogP contribution < -0.4 is 5.32 Å². The molecule has 0 radical (unpaired) electrons. The zero-order valence-corrected chi connectivity index (χ0v) is 16.1. The van der Waals surface area contributed by atoms with Gasteiger partial charge in [0.1, 0.15) is 0 Å². The third kappa shape index (κ3) is 5.85. The molecule has 0 unspecified atom stereocenters. The molecule has 0 aliphatic rings. The van der Waals surface area contributed by atoms with Gasteiger partial charge in [-0.25, -0.2) is 14.6 Å². The molecule has 0 spiro atoms. The van der Waals surface area contributed by atoms with Gasteiger partial charge in [0.05, 0.1) is 11.9 Å². The molecule has 0 aliphatic carbocycles. The average molecular weight is 402 g/mol. The minimum Gasteiger partial charge on any atom is -0.473 e. The van der Waals surface area contributed by atoms with Gasteiger partial charge in [0.15, 0.2) is 0 Å². The van der Waals surface area contributed by atoms with Gasteiger partial charge in [0.25, 0.3) is 0 Å². The first-order valence-electron chi connectivity index (χ1n) is 8.31. The van der Waals surface area contributed by atoms with Crippen LogP contribution in [0, 0.1) is 6.92 Å². The standard InChI is InChI=1S/C18H18ClN3.C2H2O4/c1-13-4-3-5-14(10-13)11-20-18-21-12-17(22(18)2)15-6-8-16(19)9-7-15;3-1(4)2(5)6/h3-10,12H,11H2,1-2H3,(H,20,21);(H,3,4)(H,5,6). The summed E-state index contributed by atoms with van der Waals surface area (Å²) < 4.78 is 2.05. The Labute approximate surface area is 167 Å². The summed E-state index contributed by atoms with van der Waals surface area (Å²) in [4.78, 5) is 22.7. The van der Waals surface area contributed by atoms with Gasteiger partial charge in [-0.1, -0.05) is 53.6 Å². The summed E-state index contributed by atoms with van der Waals surface area (Å²) in [6, 6.07) is 16.3. The molecule has 0 aliphatic heterocycles. The zero-order valence-electron chi connectivity index (χ0n) is 15.4. The highest BCUT2D eigenvalue weighted by molar-refractivity contribution is 6.30. The van der Waals surface area contributed by atoms with E-state index in [1.807, 2.05) is 37.5 Å². The van der Waals surface area contributed by atoms with E-state index in [2.05, 4.69) is 46.1 Å². The van der Waals surface area contributed by atoms with Crippen molar-refractivity contribution in [3.63, 3.8) is 0 Å². The molecular weight excluding hydrogens is 382 g/mol. The number of halogens is 1. The number of carbonyl (C=O) groups is 2. The van der Waals surface area contributed by atoms with Crippen LogP contribution in [0.4, 0.5) is 5.95 Å². The average Bonchev–Trinajstić information content (AvgIpc) is 3.02.